The van der Waals surface area contributed by atoms with Gasteiger partial charge in [-0.15, -0.1) is 13.2 Å². The van der Waals surface area contributed by atoms with E-state index in [0.29, 0.717) is 11.1 Å². The molecule has 180 valence electrons. The maximum absolute atomic E-state index is 13.0. The van der Waals surface area contributed by atoms with E-state index < -0.39 is 24.4 Å². The number of esters is 1. The monoisotopic (exact) mass is 479 g/mol. The molecular formula is C28H24F3NO3. The van der Waals surface area contributed by atoms with Crippen LogP contribution in [-0.2, 0) is 9.53 Å². The van der Waals surface area contributed by atoms with E-state index in [1.807, 2.05) is 54.6 Å². The highest BCUT2D eigenvalue weighted by Gasteiger charge is 2.32. The van der Waals surface area contributed by atoms with Crippen LogP contribution in [0.15, 0.2) is 78.9 Å². The van der Waals surface area contributed by atoms with Gasteiger partial charge in [0, 0.05) is 5.56 Å². The van der Waals surface area contributed by atoms with Crippen LogP contribution in [0.25, 0.3) is 12.2 Å². The van der Waals surface area contributed by atoms with E-state index in [0.717, 1.165) is 23.3 Å². The molecule has 3 aromatic carbocycles. The number of carbonyl (C=O) groups excluding carboxylic acids is 1. The standard InChI is InChI=1S/C28H24F3NO3/c1-19(2)26(22-13-15-24(16-14-22)35-28(29,30)31)27(33)34-25(18-32)23-10-6-9-21(17-23)12-11-20-7-4-3-5-8-20/h3-17,19,25-26H,1-2H3/b12-11+. The van der Waals surface area contributed by atoms with Gasteiger partial charge in [-0.25, -0.2) is 0 Å². The normalized spacial score (nSPS) is 13.3. The number of halogens is 3. The van der Waals surface area contributed by atoms with E-state index >= 15 is 0 Å². The quantitative estimate of drug-likeness (QED) is 0.251. The van der Waals surface area contributed by atoms with Gasteiger partial charge in [0.05, 0.1) is 5.92 Å². The van der Waals surface area contributed by atoms with Gasteiger partial charge in [0.15, 0.2) is 0 Å². The molecule has 0 amide bonds. The highest BCUT2D eigenvalue weighted by Crippen LogP contribution is 2.31. The number of hydrogen-bond donors (Lipinski definition) is 0. The van der Waals surface area contributed by atoms with Crippen molar-refractivity contribution in [3.63, 3.8) is 0 Å². The number of hydrogen-bond acceptors (Lipinski definition) is 4. The smallest absolute Gasteiger partial charge is 0.441 e. The second-order valence-corrected chi connectivity index (χ2v) is 8.20. The molecule has 4 nitrogen and oxygen atoms in total. The van der Waals surface area contributed by atoms with E-state index in [1.165, 1.54) is 12.1 Å². The second-order valence-electron chi connectivity index (χ2n) is 8.20. The molecule has 2 atom stereocenters. The summed E-state index contributed by atoms with van der Waals surface area (Å²) in [5, 5.41) is 9.69. The zero-order chi connectivity index (χ0) is 25.4. The van der Waals surface area contributed by atoms with Crippen LogP contribution in [0.2, 0.25) is 0 Å². The molecule has 0 aliphatic heterocycles. The summed E-state index contributed by atoms with van der Waals surface area (Å²) in [6.45, 7) is 3.59. The van der Waals surface area contributed by atoms with Crippen molar-refractivity contribution < 1.29 is 27.4 Å². The Labute approximate surface area is 202 Å². The molecule has 0 aromatic heterocycles. The molecule has 0 radical (unpaired) electrons. The fourth-order valence-corrected chi connectivity index (χ4v) is 3.61. The first kappa shape index (κ1) is 25.6. The van der Waals surface area contributed by atoms with Crippen molar-refractivity contribution in [3.05, 3.63) is 101 Å². The number of benzene rings is 3. The van der Waals surface area contributed by atoms with Crippen molar-refractivity contribution in [1.29, 1.82) is 5.26 Å². The molecule has 3 aromatic rings. The number of nitriles is 1. The van der Waals surface area contributed by atoms with Gasteiger partial charge in [-0.05, 0) is 40.8 Å². The highest BCUT2D eigenvalue weighted by molar-refractivity contribution is 5.79. The molecule has 0 aliphatic rings. The molecule has 7 heteroatoms. The molecule has 0 spiro atoms. The van der Waals surface area contributed by atoms with Crippen molar-refractivity contribution >= 4 is 18.1 Å². The van der Waals surface area contributed by atoms with Crippen LogP contribution in [0.5, 0.6) is 5.75 Å². The third-order valence-electron chi connectivity index (χ3n) is 5.23. The lowest BCUT2D eigenvalue weighted by molar-refractivity contribution is -0.274. The van der Waals surface area contributed by atoms with Crippen LogP contribution in [-0.4, -0.2) is 12.3 Å². The molecule has 0 saturated carbocycles. The first-order valence-electron chi connectivity index (χ1n) is 10.9. The maximum atomic E-state index is 13.0. The summed E-state index contributed by atoms with van der Waals surface area (Å²) in [5.41, 5.74) is 2.85. The van der Waals surface area contributed by atoms with Gasteiger partial charge in [0.2, 0.25) is 6.10 Å². The number of ether oxygens (including phenoxy) is 2. The van der Waals surface area contributed by atoms with Gasteiger partial charge in [-0.2, -0.15) is 5.26 Å². The Kier molecular flexibility index (Phi) is 8.32. The molecule has 3 rings (SSSR count). The minimum absolute atomic E-state index is 0.226. The lowest BCUT2D eigenvalue weighted by Crippen LogP contribution is -2.23. The van der Waals surface area contributed by atoms with Crippen LogP contribution in [0.1, 0.15) is 48.1 Å². The van der Waals surface area contributed by atoms with Crippen LogP contribution in [0, 0.1) is 17.2 Å². The third-order valence-corrected chi connectivity index (χ3v) is 5.23. The van der Waals surface area contributed by atoms with Gasteiger partial charge in [0.1, 0.15) is 11.8 Å². The van der Waals surface area contributed by atoms with Gasteiger partial charge in [0.25, 0.3) is 0 Å². The SMILES string of the molecule is CC(C)C(C(=O)OC(C#N)c1cccc(/C=C/c2ccccc2)c1)c1ccc(OC(F)(F)F)cc1. The summed E-state index contributed by atoms with van der Waals surface area (Å²) in [6.07, 6.45) is -2.10. The largest absolute Gasteiger partial charge is 0.573 e. The highest BCUT2D eigenvalue weighted by atomic mass is 19.4. The third kappa shape index (κ3) is 7.47. The van der Waals surface area contributed by atoms with E-state index in [-0.39, 0.29) is 11.7 Å². The number of nitrogens with zero attached hydrogens (tertiary/aromatic N) is 1. The molecule has 35 heavy (non-hydrogen) atoms. The number of rotatable bonds is 8. The zero-order valence-corrected chi connectivity index (χ0v) is 19.2. The lowest BCUT2D eigenvalue weighted by atomic mass is 9.88. The molecule has 0 bridgehead atoms. The second kappa shape index (κ2) is 11.4. The number of alkyl halides is 3. The van der Waals surface area contributed by atoms with Crippen molar-refractivity contribution in [1.82, 2.24) is 0 Å². The summed E-state index contributed by atoms with van der Waals surface area (Å²) in [6, 6.07) is 24.0. The average molecular weight is 479 g/mol. The lowest BCUT2D eigenvalue weighted by Gasteiger charge is -2.22. The fourth-order valence-electron chi connectivity index (χ4n) is 3.61. The Bertz CT molecular complexity index is 1200. The van der Waals surface area contributed by atoms with Crippen LogP contribution in [0.4, 0.5) is 13.2 Å². The van der Waals surface area contributed by atoms with E-state index in [1.54, 1.807) is 32.0 Å². The minimum Gasteiger partial charge on any atom is -0.441 e. The van der Waals surface area contributed by atoms with Crippen LogP contribution >= 0.6 is 0 Å². The predicted octanol–water partition coefficient (Wildman–Crippen LogP) is 7.30. The molecule has 2 unspecified atom stereocenters. The van der Waals surface area contributed by atoms with Crippen LogP contribution < -0.4 is 4.74 Å². The first-order valence-corrected chi connectivity index (χ1v) is 10.9. The van der Waals surface area contributed by atoms with Gasteiger partial charge >= 0.3 is 12.3 Å². The van der Waals surface area contributed by atoms with Crippen LogP contribution in [0.3, 0.4) is 0 Å². The Morgan fingerprint density at radius 2 is 1.51 bits per heavy atom. The van der Waals surface area contributed by atoms with Gasteiger partial charge in [-0.1, -0.05) is 86.7 Å². The van der Waals surface area contributed by atoms with E-state index in [4.69, 9.17) is 4.74 Å². The van der Waals surface area contributed by atoms with Crippen molar-refractivity contribution in [3.8, 4) is 11.8 Å². The summed E-state index contributed by atoms with van der Waals surface area (Å²) >= 11 is 0. The first-order chi connectivity index (χ1) is 16.7. The average Bonchev–Trinajstić information content (AvgIpc) is 2.82. The number of carbonyl (C=O) groups is 1. The minimum atomic E-state index is -4.80. The van der Waals surface area contributed by atoms with E-state index in [9.17, 15) is 23.2 Å². The maximum Gasteiger partial charge on any atom is 0.573 e. The Morgan fingerprint density at radius 1 is 0.886 bits per heavy atom. The molecule has 0 aliphatic carbocycles. The molecule has 0 fully saturated rings. The Hall–Kier alpha value is -4.05. The van der Waals surface area contributed by atoms with Crippen molar-refractivity contribution in [2.75, 3.05) is 0 Å². The van der Waals surface area contributed by atoms with Crippen molar-refractivity contribution in [2.45, 2.75) is 32.2 Å². The molecular weight excluding hydrogens is 455 g/mol. The van der Waals surface area contributed by atoms with Gasteiger partial charge < -0.3 is 9.47 Å². The predicted molar refractivity (Wildman–Crippen MR) is 127 cm³/mol. The summed E-state index contributed by atoms with van der Waals surface area (Å²) in [7, 11) is 0. The zero-order valence-electron chi connectivity index (χ0n) is 19.2. The van der Waals surface area contributed by atoms with Gasteiger partial charge in [-0.3, -0.25) is 4.79 Å². The summed E-state index contributed by atoms with van der Waals surface area (Å²) in [4.78, 5) is 13.0. The van der Waals surface area contributed by atoms with E-state index in [2.05, 4.69) is 4.74 Å². The molecule has 0 saturated heterocycles. The summed E-state index contributed by atoms with van der Waals surface area (Å²) in [5.74, 6) is -2.02. The molecule has 0 heterocycles. The topological polar surface area (TPSA) is 59.3 Å². The Morgan fingerprint density at radius 3 is 2.11 bits per heavy atom. The summed E-state index contributed by atoms with van der Waals surface area (Å²) < 4.78 is 46.7. The Balaban J connectivity index is 1.76. The van der Waals surface area contributed by atoms with Crippen molar-refractivity contribution in [2.24, 2.45) is 5.92 Å². The fraction of sp³-hybridized carbons (Fsp3) is 0.214. The molecule has 0 N–H and O–H groups in total.